The Morgan fingerprint density at radius 1 is 1.16 bits per heavy atom. The first-order valence-electron chi connectivity index (χ1n) is 9.64. The number of carbonyl (C=O) groups excluding carboxylic acids is 2. The van der Waals surface area contributed by atoms with Gasteiger partial charge in [-0.3, -0.25) is 9.59 Å². The van der Waals surface area contributed by atoms with Gasteiger partial charge < -0.3 is 10.1 Å². The summed E-state index contributed by atoms with van der Waals surface area (Å²) in [5, 5.41) is 2.86. The van der Waals surface area contributed by atoms with Gasteiger partial charge in [-0.15, -0.1) is 11.6 Å². The second kappa shape index (κ2) is 15.2. The molecule has 146 valence electrons. The third-order valence-electron chi connectivity index (χ3n) is 4.18. The highest BCUT2D eigenvalue weighted by Crippen LogP contribution is 2.16. The number of allylic oxidation sites excluding steroid dienone is 2. The second-order valence-electron chi connectivity index (χ2n) is 6.76. The summed E-state index contributed by atoms with van der Waals surface area (Å²) in [4.78, 5) is 23.2. The van der Waals surface area contributed by atoms with Crippen LogP contribution in [0.15, 0.2) is 12.2 Å². The van der Waals surface area contributed by atoms with E-state index < -0.39 is 0 Å². The zero-order valence-electron chi connectivity index (χ0n) is 16.4. The van der Waals surface area contributed by atoms with E-state index in [0.717, 1.165) is 44.9 Å². The maximum Gasteiger partial charge on any atom is 0.321 e. The highest BCUT2D eigenvalue weighted by molar-refractivity contribution is 6.26. The lowest BCUT2D eigenvalue weighted by molar-refractivity contribution is -0.146. The first-order valence-corrected chi connectivity index (χ1v) is 10.2. The highest BCUT2D eigenvalue weighted by atomic mass is 35.5. The normalized spacial score (nSPS) is 14.9. The molecule has 0 spiro atoms. The van der Waals surface area contributed by atoms with E-state index in [-0.39, 0.29) is 29.8 Å². The Morgan fingerprint density at radius 3 is 2.48 bits per heavy atom. The molecule has 3 atom stereocenters. The molecule has 4 nitrogen and oxygen atoms in total. The maximum atomic E-state index is 11.8. The molecule has 0 rings (SSSR count). The Balaban J connectivity index is 4.23. The summed E-state index contributed by atoms with van der Waals surface area (Å²) < 4.78 is 5.42. The van der Waals surface area contributed by atoms with Crippen molar-refractivity contribution < 1.29 is 14.3 Å². The molecule has 0 aliphatic carbocycles. The summed E-state index contributed by atoms with van der Waals surface area (Å²) in [6, 6.07) is 0. The average Bonchev–Trinajstić information content (AvgIpc) is 2.58. The van der Waals surface area contributed by atoms with Crippen molar-refractivity contribution in [1.29, 1.82) is 0 Å². The molecular weight excluding hydrogens is 338 g/mol. The zero-order chi connectivity index (χ0) is 19.1. The Kier molecular flexibility index (Phi) is 14.6. The average molecular weight is 374 g/mol. The second-order valence-corrected chi connectivity index (χ2v) is 7.02. The largest absolute Gasteiger partial charge is 0.461 e. The van der Waals surface area contributed by atoms with E-state index in [0.29, 0.717) is 12.5 Å². The first-order chi connectivity index (χ1) is 11.9. The molecule has 0 saturated heterocycles. The summed E-state index contributed by atoms with van der Waals surface area (Å²) in [6.45, 7) is 8.85. The number of carbonyl (C=O) groups is 2. The summed E-state index contributed by atoms with van der Waals surface area (Å²) >= 11 is 5.54. The Morgan fingerprint density at radius 2 is 1.88 bits per heavy atom. The molecular formula is C20H36ClNO3. The van der Waals surface area contributed by atoms with Crippen molar-refractivity contribution in [3.63, 3.8) is 0 Å². The van der Waals surface area contributed by atoms with E-state index in [2.05, 4.69) is 31.3 Å². The number of alkyl halides is 1. The summed E-state index contributed by atoms with van der Waals surface area (Å²) in [5.41, 5.74) is 0. The third kappa shape index (κ3) is 12.9. The monoisotopic (exact) mass is 373 g/mol. The van der Waals surface area contributed by atoms with Gasteiger partial charge in [-0.05, 0) is 44.9 Å². The number of hydrogen-bond acceptors (Lipinski definition) is 3. The molecule has 1 amide bonds. The van der Waals surface area contributed by atoms with Crippen molar-refractivity contribution >= 4 is 23.5 Å². The first kappa shape index (κ1) is 24.0. The van der Waals surface area contributed by atoms with Crippen LogP contribution in [0.3, 0.4) is 0 Å². The fraction of sp³-hybridized carbons (Fsp3) is 0.800. The zero-order valence-corrected chi connectivity index (χ0v) is 17.1. The number of esters is 1. The lowest BCUT2D eigenvalue weighted by Gasteiger charge is -2.17. The number of rotatable bonds is 14. The number of amides is 1. The summed E-state index contributed by atoms with van der Waals surface area (Å²) in [6.07, 6.45) is 11.0. The molecule has 1 N–H and O–H groups in total. The Labute approximate surface area is 158 Å². The van der Waals surface area contributed by atoms with Crippen LogP contribution in [0.5, 0.6) is 0 Å². The summed E-state index contributed by atoms with van der Waals surface area (Å²) in [5.74, 6) is 0.0603. The van der Waals surface area contributed by atoms with E-state index in [1.54, 1.807) is 0 Å². The topological polar surface area (TPSA) is 55.4 Å². The van der Waals surface area contributed by atoms with Crippen LogP contribution in [0.25, 0.3) is 0 Å². The van der Waals surface area contributed by atoms with E-state index in [4.69, 9.17) is 16.3 Å². The summed E-state index contributed by atoms with van der Waals surface area (Å²) in [7, 11) is 0. The number of unbranched alkanes of at least 4 members (excludes halogenated alkanes) is 2. The predicted molar refractivity (Wildman–Crippen MR) is 105 cm³/mol. The van der Waals surface area contributed by atoms with E-state index in [9.17, 15) is 9.59 Å². The van der Waals surface area contributed by atoms with Gasteiger partial charge in [0.05, 0.1) is 0 Å². The molecule has 25 heavy (non-hydrogen) atoms. The number of ether oxygens (including phenoxy) is 1. The molecule has 3 unspecified atom stereocenters. The number of halogens is 1. The van der Waals surface area contributed by atoms with Gasteiger partial charge in [-0.2, -0.15) is 0 Å². The lowest BCUT2D eigenvalue weighted by Crippen LogP contribution is -2.29. The van der Waals surface area contributed by atoms with Crippen molar-refractivity contribution in [3.05, 3.63) is 12.2 Å². The van der Waals surface area contributed by atoms with Crippen LogP contribution in [0.4, 0.5) is 0 Å². The van der Waals surface area contributed by atoms with Gasteiger partial charge >= 0.3 is 5.97 Å². The number of nitrogens with one attached hydrogen (secondary N) is 1. The minimum Gasteiger partial charge on any atom is -0.461 e. The quantitative estimate of drug-likeness (QED) is 0.205. The Hall–Kier alpha value is -1.03. The predicted octanol–water partition coefficient (Wildman–Crippen LogP) is 4.85. The smallest absolute Gasteiger partial charge is 0.321 e. The van der Waals surface area contributed by atoms with Crippen molar-refractivity contribution in [3.8, 4) is 0 Å². The van der Waals surface area contributed by atoms with Gasteiger partial charge in [-0.1, -0.05) is 45.8 Å². The molecule has 0 fully saturated rings. The molecule has 0 radical (unpaired) electrons. The molecule has 0 aromatic heterocycles. The van der Waals surface area contributed by atoms with Gasteiger partial charge in [-0.25, -0.2) is 0 Å². The van der Waals surface area contributed by atoms with Crippen molar-refractivity contribution in [1.82, 2.24) is 5.32 Å². The van der Waals surface area contributed by atoms with E-state index >= 15 is 0 Å². The highest BCUT2D eigenvalue weighted by Gasteiger charge is 2.15. The minimum atomic E-state index is -0.337. The van der Waals surface area contributed by atoms with Crippen molar-refractivity contribution in [2.75, 3.05) is 12.4 Å². The van der Waals surface area contributed by atoms with Crippen LogP contribution < -0.4 is 5.32 Å². The molecule has 0 aromatic carbocycles. The van der Waals surface area contributed by atoms with Crippen LogP contribution in [-0.4, -0.2) is 30.4 Å². The van der Waals surface area contributed by atoms with Gasteiger partial charge in [0, 0.05) is 12.5 Å². The van der Waals surface area contributed by atoms with E-state index in [1.165, 1.54) is 0 Å². The van der Waals surface area contributed by atoms with Gasteiger partial charge in [0.1, 0.15) is 12.0 Å². The van der Waals surface area contributed by atoms with Crippen LogP contribution >= 0.6 is 11.6 Å². The van der Waals surface area contributed by atoms with E-state index in [1.807, 2.05) is 13.8 Å². The fourth-order valence-electron chi connectivity index (χ4n) is 2.80. The molecule has 0 heterocycles. The minimum absolute atomic E-state index is 0.0195. The molecule has 0 bridgehead atoms. The van der Waals surface area contributed by atoms with Gasteiger partial charge in [0.2, 0.25) is 5.91 Å². The molecule has 0 aliphatic heterocycles. The lowest BCUT2D eigenvalue weighted by atomic mass is 9.95. The van der Waals surface area contributed by atoms with Gasteiger partial charge in [0.25, 0.3) is 0 Å². The standard InChI is InChI=1S/C20H36ClNO3/c1-5-7-8-12-18(25-19(23)15-21)13-10-9-11-16(3)14-17(4)20(24)22-6-2/h9,11,16-18H,5-8,10,12-15H2,1-4H3,(H,22,24)/b11-9+. The van der Waals surface area contributed by atoms with Crippen molar-refractivity contribution in [2.45, 2.75) is 78.7 Å². The Bertz CT molecular complexity index is 398. The van der Waals surface area contributed by atoms with Gasteiger partial charge in [0.15, 0.2) is 0 Å². The van der Waals surface area contributed by atoms with Crippen LogP contribution in [-0.2, 0) is 14.3 Å². The molecule has 5 heteroatoms. The number of hydrogen-bond donors (Lipinski definition) is 1. The SMILES string of the molecule is CCCCCC(CC/C=C/C(C)CC(C)C(=O)NCC)OC(=O)CCl. The van der Waals surface area contributed by atoms with Crippen molar-refractivity contribution in [2.24, 2.45) is 11.8 Å². The molecule has 0 aromatic rings. The maximum absolute atomic E-state index is 11.8. The van der Waals surface area contributed by atoms with Crippen LogP contribution in [0, 0.1) is 11.8 Å². The third-order valence-corrected chi connectivity index (χ3v) is 4.40. The molecule has 0 aliphatic rings. The van der Waals surface area contributed by atoms with Crippen LogP contribution in [0.1, 0.15) is 72.6 Å². The fourth-order valence-corrected chi connectivity index (χ4v) is 2.87. The van der Waals surface area contributed by atoms with Crippen LogP contribution in [0.2, 0.25) is 0 Å². The molecule has 0 saturated carbocycles.